The van der Waals surface area contributed by atoms with Crippen molar-refractivity contribution in [2.45, 2.75) is 18.9 Å². The number of nitrogens with zero attached hydrogens (tertiary/aromatic N) is 1. The summed E-state index contributed by atoms with van der Waals surface area (Å²) in [4.78, 5) is 25.4. The highest BCUT2D eigenvalue weighted by molar-refractivity contribution is 7.14. The molecule has 1 saturated heterocycles. The van der Waals surface area contributed by atoms with E-state index in [1.54, 1.807) is 17.0 Å². The fourth-order valence-corrected chi connectivity index (χ4v) is 3.44. The largest absolute Gasteiger partial charge is 0.492 e. The molecule has 2 amide bonds. The van der Waals surface area contributed by atoms with Crippen LogP contribution in [0.5, 0.6) is 5.75 Å². The molecule has 8 heteroatoms. The van der Waals surface area contributed by atoms with E-state index in [2.05, 4.69) is 5.32 Å². The third-order valence-corrected chi connectivity index (χ3v) is 5.02. The van der Waals surface area contributed by atoms with Crippen molar-refractivity contribution in [1.82, 2.24) is 5.32 Å². The summed E-state index contributed by atoms with van der Waals surface area (Å²) in [5, 5.41) is 6.10. The molecule has 0 aliphatic carbocycles. The number of amides is 2. The minimum absolute atomic E-state index is 0.0987. The van der Waals surface area contributed by atoms with E-state index < -0.39 is 0 Å². The van der Waals surface area contributed by atoms with Gasteiger partial charge in [-0.2, -0.15) is 0 Å². The van der Waals surface area contributed by atoms with E-state index in [1.807, 2.05) is 29.6 Å². The fraction of sp³-hybridized carbons (Fsp3) is 0.333. The zero-order chi connectivity index (χ0) is 18.4. The van der Waals surface area contributed by atoms with Crippen molar-refractivity contribution in [3.63, 3.8) is 0 Å². The van der Waals surface area contributed by atoms with Crippen LogP contribution in [0.15, 0.2) is 41.8 Å². The second-order valence-electron chi connectivity index (χ2n) is 5.75. The Balaban J connectivity index is 1.33. The van der Waals surface area contributed by atoms with E-state index in [0.29, 0.717) is 43.3 Å². The first kappa shape index (κ1) is 18.5. The Labute approximate surface area is 160 Å². The zero-order valence-electron chi connectivity index (χ0n) is 14.0. The number of ether oxygens (including phenoxy) is 2. The summed E-state index contributed by atoms with van der Waals surface area (Å²) in [6, 6.07) is 11.0. The molecular formula is C18H19ClN2O4S. The SMILES string of the molecule is O=C(CCCOc1ccccc1Cl)NCC1CN(c2cccs2)C(=O)O1. The Morgan fingerprint density at radius 1 is 1.35 bits per heavy atom. The highest BCUT2D eigenvalue weighted by Crippen LogP contribution is 2.26. The molecular weight excluding hydrogens is 376 g/mol. The first-order valence-corrected chi connectivity index (χ1v) is 9.55. The van der Waals surface area contributed by atoms with Gasteiger partial charge in [-0.3, -0.25) is 9.69 Å². The van der Waals surface area contributed by atoms with E-state index in [9.17, 15) is 9.59 Å². The van der Waals surface area contributed by atoms with Crippen LogP contribution in [0, 0.1) is 0 Å². The van der Waals surface area contributed by atoms with Crippen molar-refractivity contribution in [1.29, 1.82) is 0 Å². The van der Waals surface area contributed by atoms with E-state index in [0.717, 1.165) is 5.00 Å². The Bertz CT molecular complexity index is 753. The van der Waals surface area contributed by atoms with Crippen LogP contribution in [0.3, 0.4) is 0 Å². The maximum absolute atomic E-state index is 11.9. The number of nitrogens with one attached hydrogen (secondary N) is 1. The molecule has 6 nitrogen and oxygen atoms in total. The van der Waals surface area contributed by atoms with E-state index in [1.165, 1.54) is 11.3 Å². The van der Waals surface area contributed by atoms with Crippen molar-refractivity contribution in [2.24, 2.45) is 0 Å². The molecule has 0 saturated carbocycles. The van der Waals surface area contributed by atoms with E-state index in [-0.39, 0.29) is 18.1 Å². The second kappa shape index (κ2) is 8.91. The zero-order valence-corrected chi connectivity index (χ0v) is 15.6. The van der Waals surface area contributed by atoms with Gasteiger partial charge in [-0.15, -0.1) is 11.3 Å². The molecule has 0 bridgehead atoms. The lowest BCUT2D eigenvalue weighted by atomic mass is 10.3. The molecule has 26 heavy (non-hydrogen) atoms. The summed E-state index contributed by atoms with van der Waals surface area (Å²) in [7, 11) is 0. The quantitative estimate of drug-likeness (QED) is 0.693. The lowest BCUT2D eigenvalue weighted by Crippen LogP contribution is -2.34. The number of thiophene rings is 1. The minimum Gasteiger partial charge on any atom is -0.492 e. The van der Waals surface area contributed by atoms with Gasteiger partial charge in [0.25, 0.3) is 0 Å². The topological polar surface area (TPSA) is 67.9 Å². The summed E-state index contributed by atoms with van der Waals surface area (Å²) in [6.45, 7) is 1.15. The van der Waals surface area contributed by atoms with Crippen molar-refractivity contribution in [2.75, 3.05) is 24.6 Å². The number of rotatable bonds is 8. The first-order chi connectivity index (χ1) is 12.6. The van der Waals surface area contributed by atoms with Crippen LogP contribution in [0.2, 0.25) is 5.02 Å². The Morgan fingerprint density at radius 3 is 2.96 bits per heavy atom. The minimum atomic E-state index is -0.375. The fourth-order valence-electron chi connectivity index (χ4n) is 2.52. The molecule has 138 valence electrons. The standard InChI is InChI=1S/C18H19ClN2O4S/c19-14-5-1-2-6-15(14)24-9-3-7-16(22)20-11-13-12-21(18(23)25-13)17-8-4-10-26-17/h1-2,4-6,8,10,13H,3,7,9,11-12H2,(H,20,22). The van der Waals surface area contributed by atoms with Gasteiger partial charge in [-0.05, 0) is 36.1 Å². The van der Waals surface area contributed by atoms with Crippen LogP contribution in [-0.4, -0.2) is 37.8 Å². The predicted octanol–water partition coefficient (Wildman–Crippen LogP) is 3.70. The van der Waals surface area contributed by atoms with Crippen LogP contribution in [0.1, 0.15) is 12.8 Å². The molecule has 1 aliphatic rings. The maximum atomic E-state index is 11.9. The summed E-state index contributed by atoms with van der Waals surface area (Å²) in [5.74, 6) is 0.513. The molecule has 1 N–H and O–H groups in total. The summed E-state index contributed by atoms with van der Waals surface area (Å²) in [5.41, 5.74) is 0. The van der Waals surface area contributed by atoms with Crippen molar-refractivity contribution in [3.05, 3.63) is 46.8 Å². The van der Waals surface area contributed by atoms with Gasteiger partial charge in [0.15, 0.2) is 0 Å². The Kier molecular flexibility index (Phi) is 6.35. The smallest absolute Gasteiger partial charge is 0.415 e. The number of benzene rings is 1. The normalized spacial score (nSPS) is 16.4. The molecule has 2 heterocycles. The molecule has 1 aliphatic heterocycles. The number of carbonyl (C=O) groups is 2. The van der Waals surface area contributed by atoms with Gasteiger partial charge in [0.05, 0.1) is 24.7 Å². The van der Waals surface area contributed by atoms with Crippen molar-refractivity contribution >= 4 is 39.9 Å². The molecule has 1 unspecified atom stereocenters. The molecule has 1 aromatic carbocycles. The maximum Gasteiger partial charge on any atom is 0.415 e. The number of hydrogen-bond donors (Lipinski definition) is 1. The van der Waals surface area contributed by atoms with E-state index >= 15 is 0 Å². The number of anilines is 1. The average molecular weight is 395 g/mol. The molecule has 0 radical (unpaired) electrons. The molecule has 1 atom stereocenters. The molecule has 1 fully saturated rings. The average Bonchev–Trinajstić information content (AvgIpc) is 3.27. The molecule has 1 aromatic heterocycles. The lowest BCUT2D eigenvalue weighted by molar-refractivity contribution is -0.121. The van der Waals surface area contributed by atoms with Gasteiger partial charge in [-0.25, -0.2) is 4.79 Å². The summed E-state index contributed by atoms with van der Waals surface area (Å²) >= 11 is 7.48. The number of para-hydroxylation sites is 1. The number of carbonyl (C=O) groups excluding carboxylic acids is 2. The Morgan fingerprint density at radius 2 is 2.19 bits per heavy atom. The Hall–Kier alpha value is -2.25. The summed E-state index contributed by atoms with van der Waals surface area (Å²) < 4.78 is 10.8. The van der Waals surface area contributed by atoms with Crippen LogP contribution in [-0.2, 0) is 9.53 Å². The second-order valence-corrected chi connectivity index (χ2v) is 7.09. The molecule has 3 rings (SSSR count). The number of cyclic esters (lactones) is 1. The molecule has 0 spiro atoms. The third kappa shape index (κ3) is 4.89. The van der Waals surface area contributed by atoms with E-state index in [4.69, 9.17) is 21.1 Å². The number of halogens is 1. The predicted molar refractivity (Wildman–Crippen MR) is 101 cm³/mol. The van der Waals surface area contributed by atoms with Gasteiger partial charge in [0.1, 0.15) is 16.9 Å². The monoisotopic (exact) mass is 394 g/mol. The van der Waals surface area contributed by atoms with Gasteiger partial charge in [0.2, 0.25) is 5.91 Å². The van der Waals surface area contributed by atoms with Crippen LogP contribution in [0.4, 0.5) is 9.80 Å². The van der Waals surface area contributed by atoms with Gasteiger partial charge in [0, 0.05) is 6.42 Å². The van der Waals surface area contributed by atoms with Crippen molar-refractivity contribution < 1.29 is 19.1 Å². The highest BCUT2D eigenvalue weighted by Gasteiger charge is 2.32. The van der Waals surface area contributed by atoms with Gasteiger partial charge in [-0.1, -0.05) is 23.7 Å². The summed E-state index contributed by atoms with van der Waals surface area (Å²) in [6.07, 6.45) is 0.190. The lowest BCUT2D eigenvalue weighted by Gasteiger charge is -2.11. The van der Waals surface area contributed by atoms with Crippen LogP contribution >= 0.6 is 22.9 Å². The van der Waals surface area contributed by atoms with Gasteiger partial charge >= 0.3 is 6.09 Å². The van der Waals surface area contributed by atoms with Crippen molar-refractivity contribution in [3.8, 4) is 5.75 Å². The third-order valence-electron chi connectivity index (χ3n) is 3.82. The highest BCUT2D eigenvalue weighted by atomic mass is 35.5. The van der Waals surface area contributed by atoms with Gasteiger partial charge < -0.3 is 14.8 Å². The number of hydrogen-bond acceptors (Lipinski definition) is 5. The van der Waals surface area contributed by atoms with Crippen LogP contribution < -0.4 is 15.0 Å². The molecule has 2 aromatic rings. The first-order valence-electron chi connectivity index (χ1n) is 8.29. The van der Waals surface area contributed by atoms with Crippen LogP contribution in [0.25, 0.3) is 0 Å².